The SMILES string of the molecule is CC1CCCC2(C1)NCCO2. The van der Waals surface area contributed by atoms with Crippen molar-refractivity contribution in [2.75, 3.05) is 13.2 Å². The van der Waals surface area contributed by atoms with Gasteiger partial charge in [0.15, 0.2) is 0 Å². The van der Waals surface area contributed by atoms with Crippen LogP contribution in [0.5, 0.6) is 0 Å². The van der Waals surface area contributed by atoms with Gasteiger partial charge in [-0.15, -0.1) is 0 Å². The molecule has 0 aromatic heterocycles. The first-order valence-corrected chi connectivity index (χ1v) is 4.70. The minimum absolute atomic E-state index is 0.0949. The number of hydrogen-bond acceptors (Lipinski definition) is 2. The lowest BCUT2D eigenvalue weighted by atomic mass is 9.84. The maximum atomic E-state index is 5.74. The van der Waals surface area contributed by atoms with Crippen molar-refractivity contribution in [2.24, 2.45) is 5.92 Å². The molecule has 1 heterocycles. The van der Waals surface area contributed by atoms with Crippen LogP contribution >= 0.6 is 0 Å². The van der Waals surface area contributed by atoms with Crippen molar-refractivity contribution < 1.29 is 4.74 Å². The number of hydrogen-bond donors (Lipinski definition) is 1. The van der Waals surface area contributed by atoms with E-state index in [1.165, 1.54) is 25.7 Å². The summed E-state index contributed by atoms with van der Waals surface area (Å²) in [6.07, 6.45) is 5.14. The van der Waals surface area contributed by atoms with Crippen LogP contribution in [0.2, 0.25) is 0 Å². The van der Waals surface area contributed by atoms with Crippen LogP contribution < -0.4 is 5.32 Å². The van der Waals surface area contributed by atoms with Crippen LogP contribution in [0, 0.1) is 5.92 Å². The molecular weight excluding hydrogens is 138 g/mol. The summed E-state index contributed by atoms with van der Waals surface area (Å²) in [7, 11) is 0. The minimum atomic E-state index is 0.0949. The Morgan fingerprint density at radius 3 is 3.09 bits per heavy atom. The first-order valence-electron chi connectivity index (χ1n) is 4.70. The molecule has 1 saturated carbocycles. The van der Waals surface area contributed by atoms with Crippen LogP contribution in [0.4, 0.5) is 0 Å². The first kappa shape index (κ1) is 7.56. The molecule has 0 bridgehead atoms. The monoisotopic (exact) mass is 155 g/mol. The van der Waals surface area contributed by atoms with E-state index in [-0.39, 0.29) is 5.72 Å². The third kappa shape index (κ3) is 1.42. The van der Waals surface area contributed by atoms with Crippen molar-refractivity contribution in [2.45, 2.75) is 38.3 Å². The molecule has 1 aliphatic heterocycles. The van der Waals surface area contributed by atoms with Gasteiger partial charge in [-0.2, -0.15) is 0 Å². The van der Waals surface area contributed by atoms with Crippen LogP contribution in [0.15, 0.2) is 0 Å². The molecule has 2 fully saturated rings. The fourth-order valence-corrected chi connectivity index (χ4v) is 2.37. The summed E-state index contributed by atoms with van der Waals surface area (Å²) in [5, 5.41) is 3.48. The Morgan fingerprint density at radius 1 is 1.55 bits per heavy atom. The molecule has 2 aliphatic rings. The van der Waals surface area contributed by atoms with Gasteiger partial charge >= 0.3 is 0 Å². The van der Waals surface area contributed by atoms with Crippen LogP contribution in [0.3, 0.4) is 0 Å². The van der Waals surface area contributed by atoms with Crippen molar-refractivity contribution in [3.8, 4) is 0 Å². The normalized spacial score (nSPS) is 45.0. The van der Waals surface area contributed by atoms with E-state index >= 15 is 0 Å². The van der Waals surface area contributed by atoms with Crippen molar-refractivity contribution in [3.63, 3.8) is 0 Å². The molecule has 2 heteroatoms. The molecule has 11 heavy (non-hydrogen) atoms. The average Bonchev–Trinajstić information content (AvgIpc) is 2.37. The van der Waals surface area contributed by atoms with Gasteiger partial charge in [-0.3, -0.25) is 5.32 Å². The van der Waals surface area contributed by atoms with Gasteiger partial charge in [0, 0.05) is 6.54 Å². The topological polar surface area (TPSA) is 21.3 Å². The van der Waals surface area contributed by atoms with Gasteiger partial charge in [0.1, 0.15) is 5.72 Å². The highest BCUT2D eigenvalue weighted by Crippen LogP contribution is 2.34. The summed E-state index contributed by atoms with van der Waals surface area (Å²) in [5.74, 6) is 0.842. The molecule has 64 valence electrons. The van der Waals surface area contributed by atoms with Crippen molar-refractivity contribution in [1.82, 2.24) is 5.32 Å². The fourth-order valence-electron chi connectivity index (χ4n) is 2.37. The van der Waals surface area contributed by atoms with Crippen LogP contribution in [0.1, 0.15) is 32.6 Å². The van der Waals surface area contributed by atoms with Crippen molar-refractivity contribution >= 4 is 0 Å². The van der Waals surface area contributed by atoms with Gasteiger partial charge in [0.05, 0.1) is 6.61 Å². The average molecular weight is 155 g/mol. The third-order valence-corrected chi connectivity index (χ3v) is 2.88. The van der Waals surface area contributed by atoms with Gasteiger partial charge in [0.2, 0.25) is 0 Å². The molecule has 2 nitrogen and oxygen atoms in total. The maximum Gasteiger partial charge on any atom is 0.119 e. The van der Waals surface area contributed by atoms with Crippen LogP contribution in [0.25, 0.3) is 0 Å². The highest BCUT2D eigenvalue weighted by molar-refractivity contribution is 4.87. The van der Waals surface area contributed by atoms with E-state index in [0.29, 0.717) is 0 Å². The second-order valence-electron chi connectivity index (χ2n) is 3.97. The quantitative estimate of drug-likeness (QED) is 0.572. The Labute approximate surface area is 68.3 Å². The van der Waals surface area contributed by atoms with Gasteiger partial charge in [0.25, 0.3) is 0 Å². The molecule has 1 spiro atoms. The smallest absolute Gasteiger partial charge is 0.119 e. The molecule has 1 aliphatic carbocycles. The summed E-state index contributed by atoms with van der Waals surface area (Å²) >= 11 is 0. The highest BCUT2D eigenvalue weighted by Gasteiger charge is 2.38. The predicted octanol–water partition coefficient (Wildman–Crippen LogP) is 1.51. The number of nitrogens with one attached hydrogen (secondary N) is 1. The van der Waals surface area contributed by atoms with Gasteiger partial charge in [-0.25, -0.2) is 0 Å². The van der Waals surface area contributed by atoms with E-state index in [9.17, 15) is 0 Å². The zero-order valence-corrected chi connectivity index (χ0v) is 7.23. The molecule has 1 saturated heterocycles. The Balaban J connectivity index is 2.00. The first-order chi connectivity index (χ1) is 5.31. The molecule has 1 N–H and O–H groups in total. The summed E-state index contributed by atoms with van der Waals surface area (Å²) in [4.78, 5) is 0. The van der Waals surface area contributed by atoms with Crippen LogP contribution in [-0.2, 0) is 4.74 Å². The lowest BCUT2D eigenvalue weighted by molar-refractivity contribution is -0.0516. The predicted molar refractivity (Wildman–Crippen MR) is 44.3 cm³/mol. The lowest BCUT2D eigenvalue weighted by Gasteiger charge is -2.35. The lowest BCUT2D eigenvalue weighted by Crippen LogP contribution is -2.44. The largest absolute Gasteiger partial charge is 0.359 e. The van der Waals surface area contributed by atoms with E-state index in [1.807, 2.05) is 0 Å². The zero-order valence-electron chi connectivity index (χ0n) is 7.23. The fraction of sp³-hybridized carbons (Fsp3) is 1.00. The molecule has 2 rings (SSSR count). The molecular formula is C9H17NO. The van der Waals surface area contributed by atoms with E-state index in [4.69, 9.17) is 4.74 Å². The molecule has 0 aromatic carbocycles. The minimum Gasteiger partial charge on any atom is -0.359 e. The summed E-state index contributed by atoms with van der Waals surface area (Å²) in [6.45, 7) is 4.28. The Hall–Kier alpha value is -0.0800. The van der Waals surface area contributed by atoms with Gasteiger partial charge in [-0.1, -0.05) is 13.3 Å². The molecule has 0 radical (unpaired) electrons. The molecule has 2 unspecified atom stereocenters. The highest BCUT2D eigenvalue weighted by atomic mass is 16.5. The van der Waals surface area contributed by atoms with Crippen molar-refractivity contribution in [1.29, 1.82) is 0 Å². The Morgan fingerprint density at radius 2 is 2.45 bits per heavy atom. The van der Waals surface area contributed by atoms with E-state index in [2.05, 4.69) is 12.2 Å². The standard InChI is InChI=1S/C9H17NO/c1-8-3-2-4-9(7-8)10-5-6-11-9/h8,10H,2-7H2,1H3. The third-order valence-electron chi connectivity index (χ3n) is 2.88. The zero-order chi connectivity index (χ0) is 7.73. The maximum absolute atomic E-state index is 5.74. The summed E-state index contributed by atoms with van der Waals surface area (Å²) in [6, 6.07) is 0. The Kier molecular flexibility index (Phi) is 1.90. The molecule has 0 aromatic rings. The van der Waals surface area contributed by atoms with Crippen molar-refractivity contribution in [3.05, 3.63) is 0 Å². The second kappa shape index (κ2) is 2.76. The van der Waals surface area contributed by atoms with Crippen LogP contribution in [-0.4, -0.2) is 18.9 Å². The summed E-state index contributed by atoms with van der Waals surface area (Å²) < 4.78 is 5.74. The summed E-state index contributed by atoms with van der Waals surface area (Å²) in [5.41, 5.74) is 0.0949. The van der Waals surface area contributed by atoms with Gasteiger partial charge in [-0.05, 0) is 25.2 Å². The number of rotatable bonds is 0. The van der Waals surface area contributed by atoms with Gasteiger partial charge < -0.3 is 4.74 Å². The second-order valence-corrected chi connectivity index (χ2v) is 3.97. The molecule has 2 atom stereocenters. The van der Waals surface area contributed by atoms with E-state index in [1.54, 1.807) is 0 Å². The number of ether oxygens (including phenoxy) is 1. The van der Waals surface area contributed by atoms with E-state index in [0.717, 1.165) is 19.1 Å². The Bertz CT molecular complexity index is 140. The molecule has 0 amide bonds. The van der Waals surface area contributed by atoms with E-state index < -0.39 is 0 Å².